The van der Waals surface area contributed by atoms with Crippen LogP contribution in [0.2, 0.25) is 0 Å². The second-order valence-corrected chi connectivity index (χ2v) is 7.69. The summed E-state index contributed by atoms with van der Waals surface area (Å²) in [4.78, 5) is 13.2. The molecule has 0 aliphatic carbocycles. The summed E-state index contributed by atoms with van der Waals surface area (Å²) in [5, 5.41) is 3.05. The third kappa shape index (κ3) is 4.58. The molecule has 118 valence electrons. The van der Waals surface area contributed by atoms with Gasteiger partial charge in [0.2, 0.25) is 5.91 Å². The Morgan fingerprint density at radius 1 is 1.36 bits per heavy atom. The topological polar surface area (TPSA) is 38.3 Å². The quantitative estimate of drug-likeness (QED) is 0.791. The molecule has 1 unspecified atom stereocenters. The fourth-order valence-electron chi connectivity index (χ4n) is 2.27. The molecule has 0 aliphatic rings. The zero-order chi connectivity index (χ0) is 16.1. The molecule has 1 atom stereocenters. The summed E-state index contributed by atoms with van der Waals surface area (Å²) in [7, 11) is 0. The molecule has 5 heteroatoms. The number of hydrogen-bond acceptors (Lipinski definition) is 3. The fraction of sp³-hybridized carbons (Fsp3) is 0.353. The van der Waals surface area contributed by atoms with Crippen molar-refractivity contribution in [2.45, 2.75) is 33.2 Å². The lowest BCUT2D eigenvalue weighted by Crippen LogP contribution is -2.28. The van der Waals surface area contributed by atoms with Crippen LogP contribution < -0.4 is 10.1 Å². The summed E-state index contributed by atoms with van der Waals surface area (Å²) in [5.41, 5.74) is 2.17. The molecule has 3 nitrogen and oxygen atoms in total. The minimum absolute atomic E-state index is 0.0193. The van der Waals surface area contributed by atoms with Crippen molar-refractivity contribution in [2.24, 2.45) is 0 Å². The summed E-state index contributed by atoms with van der Waals surface area (Å²) in [5.74, 6) is 0.852. The van der Waals surface area contributed by atoms with Crippen molar-refractivity contribution in [3.8, 4) is 5.75 Å². The monoisotopic (exact) mass is 381 g/mol. The van der Waals surface area contributed by atoms with Crippen molar-refractivity contribution in [3.63, 3.8) is 0 Å². The number of amides is 1. The summed E-state index contributed by atoms with van der Waals surface area (Å²) >= 11 is 5.00. The number of hydrogen-bond donors (Lipinski definition) is 1. The van der Waals surface area contributed by atoms with Crippen molar-refractivity contribution in [1.29, 1.82) is 0 Å². The first kappa shape index (κ1) is 17.0. The van der Waals surface area contributed by atoms with Gasteiger partial charge in [0.15, 0.2) is 0 Å². The van der Waals surface area contributed by atoms with Gasteiger partial charge in [0.05, 0.1) is 22.9 Å². The van der Waals surface area contributed by atoms with Crippen molar-refractivity contribution >= 4 is 33.2 Å². The first-order valence-electron chi connectivity index (χ1n) is 7.26. The molecule has 1 N–H and O–H groups in total. The highest BCUT2D eigenvalue weighted by Gasteiger charge is 2.15. The predicted octanol–water partition coefficient (Wildman–Crippen LogP) is 4.64. The Labute approximate surface area is 143 Å². The second kappa shape index (κ2) is 7.79. The molecule has 0 saturated carbocycles. The Hall–Kier alpha value is -1.33. The maximum absolute atomic E-state index is 12.2. The van der Waals surface area contributed by atoms with Gasteiger partial charge in [-0.15, -0.1) is 11.3 Å². The van der Waals surface area contributed by atoms with Crippen molar-refractivity contribution in [1.82, 2.24) is 5.32 Å². The number of rotatable bonds is 6. The standard InChI is InChI=1S/C17H20BrNO2S/c1-4-21-15-7-5-11(2)9-14(15)12(3)19-17(20)10-13-6-8-16(18)22-13/h5-9,12H,4,10H2,1-3H3,(H,19,20). The lowest BCUT2D eigenvalue weighted by Gasteiger charge is -2.18. The normalized spacial score (nSPS) is 12.0. The Kier molecular flexibility index (Phi) is 6.03. The SMILES string of the molecule is CCOc1ccc(C)cc1C(C)NC(=O)Cc1ccc(Br)s1. The Balaban J connectivity index is 2.06. The Morgan fingerprint density at radius 3 is 2.77 bits per heavy atom. The van der Waals surface area contributed by atoms with Crippen LogP contribution in [0.15, 0.2) is 34.1 Å². The average molecular weight is 382 g/mol. The summed E-state index contributed by atoms with van der Waals surface area (Å²) in [6.45, 7) is 6.60. The largest absolute Gasteiger partial charge is 0.494 e. The van der Waals surface area contributed by atoms with Crippen LogP contribution in [0.3, 0.4) is 0 Å². The van der Waals surface area contributed by atoms with Crippen LogP contribution in [0.25, 0.3) is 0 Å². The zero-order valence-corrected chi connectivity index (χ0v) is 15.4. The first-order chi connectivity index (χ1) is 10.5. The zero-order valence-electron chi connectivity index (χ0n) is 13.0. The molecule has 0 spiro atoms. The third-order valence-corrected chi connectivity index (χ3v) is 4.90. The van der Waals surface area contributed by atoms with Crippen LogP contribution in [0.5, 0.6) is 5.75 Å². The molecule has 0 radical (unpaired) electrons. The summed E-state index contributed by atoms with van der Waals surface area (Å²) < 4.78 is 6.70. The van der Waals surface area contributed by atoms with E-state index >= 15 is 0 Å². The number of carbonyl (C=O) groups is 1. The number of nitrogens with one attached hydrogen (secondary N) is 1. The molecule has 22 heavy (non-hydrogen) atoms. The lowest BCUT2D eigenvalue weighted by atomic mass is 10.0. The maximum atomic E-state index is 12.2. The number of halogens is 1. The number of aryl methyl sites for hydroxylation is 1. The Bertz CT molecular complexity index is 654. The van der Waals surface area contributed by atoms with E-state index in [-0.39, 0.29) is 11.9 Å². The molecule has 0 fully saturated rings. The van der Waals surface area contributed by atoms with E-state index in [9.17, 15) is 4.79 Å². The van der Waals surface area contributed by atoms with E-state index in [2.05, 4.69) is 27.3 Å². The molecule has 0 saturated heterocycles. The first-order valence-corrected chi connectivity index (χ1v) is 8.87. The van der Waals surface area contributed by atoms with Gasteiger partial charge < -0.3 is 10.1 Å². The van der Waals surface area contributed by atoms with Gasteiger partial charge in [-0.05, 0) is 54.9 Å². The third-order valence-electron chi connectivity index (χ3n) is 3.27. The highest BCUT2D eigenvalue weighted by molar-refractivity contribution is 9.11. The molecule has 1 aromatic carbocycles. The molecule has 0 aliphatic heterocycles. The van der Waals surface area contributed by atoms with Gasteiger partial charge in [0.1, 0.15) is 5.75 Å². The minimum atomic E-state index is -0.0858. The van der Waals surface area contributed by atoms with Gasteiger partial charge in [-0.2, -0.15) is 0 Å². The van der Waals surface area contributed by atoms with Crippen LogP contribution in [-0.2, 0) is 11.2 Å². The molecular formula is C17H20BrNO2S. The summed E-state index contributed by atoms with van der Waals surface area (Å²) in [6.07, 6.45) is 0.399. The molecule has 1 heterocycles. The number of benzene rings is 1. The van der Waals surface area contributed by atoms with Crippen LogP contribution in [0, 0.1) is 6.92 Å². The number of carbonyl (C=O) groups excluding carboxylic acids is 1. The fourth-order valence-corrected chi connectivity index (χ4v) is 3.75. The molecule has 1 amide bonds. The Morgan fingerprint density at radius 2 is 2.14 bits per heavy atom. The van der Waals surface area contributed by atoms with Gasteiger partial charge in [0.25, 0.3) is 0 Å². The van der Waals surface area contributed by atoms with E-state index in [4.69, 9.17) is 4.74 Å². The van der Waals surface area contributed by atoms with E-state index in [1.807, 2.05) is 45.0 Å². The predicted molar refractivity (Wildman–Crippen MR) is 94.6 cm³/mol. The van der Waals surface area contributed by atoms with Crippen molar-refractivity contribution < 1.29 is 9.53 Å². The minimum Gasteiger partial charge on any atom is -0.494 e. The van der Waals surface area contributed by atoms with E-state index in [1.165, 1.54) is 0 Å². The molecule has 0 bridgehead atoms. The van der Waals surface area contributed by atoms with Crippen LogP contribution >= 0.6 is 27.3 Å². The van der Waals surface area contributed by atoms with Crippen LogP contribution in [0.1, 0.15) is 35.9 Å². The van der Waals surface area contributed by atoms with Crippen molar-refractivity contribution in [3.05, 3.63) is 50.1 Å². The summed E-state index contributed by atoms with van der Waals surface area (Å²) in [6, 6.07) is 9.90. The van der Waals surface area contributed by atoms with E-state index < -0.39 is 0 Å². The average Bonchev–Trinajstić information content (AvgIpc) is 2.86. The van der Waals surface area contributed by atoms with Crippen molar-refractivity contribution in [2.75, 3.05) is 6.61 Å². The molecular weight excluding hydrogens is 362 g/mol. The molecule has 2 aromatic rings. The lowest BCUT2D eigenvalue weighted by molar-refractivity contribution is -0.121. The highest BCUT2D eigenvalue weighted by atomic mass is 79.9. The van der Waals surface area contributed by atoms with Gasteiger partial charge in [-0.3, -0.25) is 4.79 Å². The van der Waals surface area contributed by atoms with Gasteiger partial charge in [-0.1, -0.05) is 17.7 Å². The molecule has 2 rings (SSSR count). The van der Waals surface area contributed by atoms with E-state index in [1.54, 1.807) is 11.3 Å². The van der Waals surface area contributed by atoms with E-state index in [0.29, 0.717) is 13.0 Å². The van der Waals surface area contributed by atoms with Crippen LogP contribution in [-0.4, -0.2) is 12.5 Å². The second-order valence-electron chi connectivity index (χ2n) is 5.15. The van der Waals surface area contributed by atoms with Gasteiger partial charge >= 0.3 is 0 Å². The number of thiophene rings is 1. The van der Waals surface area contributed by atoms with Gasteiger partial charge in [0, 0.05) is 10.4 Å². The maximum Gasteiger partial charge on any atom is 0.225 e. The number of ether oxygens (including phenoxy) is 1. The molecule has 1 aromatic heterocycles. The van der Waals surface area contributed by atoms with Gasteiger partial charge in [-0.25, -0.2) is 0 Å². The smallest absolute Gasteiger partial charge is 0.225 e. The highest BCUT2D eigenvalue weighted by Crippen LogP contribution is 2.27. The van der Waals surface area contributed by atoms with E-state index in [0.717, 1.165) is 25.5 Å². The van der Waals surface area contributed by atoms with Crippen LogP contribution in [0.4, 0.5) is 0 Å².